The van der Waals surface area contributed by atoms with Crippen LogP contribution >= 0.6 is 0 Å². The number of unbranched alkanes of at least 4 members (excludes halogenated alkanes) is 5. The summed E-state index contributed by atoms with van der Waals surface area (Å²) in [5, 5.41) is 20.9. The zero-order valence-electron chi connectivity index (χ0n) is 27.2. The van der Waals surface area contributed by atoms with Crippen molar-refractivity contribution in [3.63, 3.8) is 0 Å². The summed E-state index contributed by atoms with van der Waals surface area (Å²) in [6.07, 6.45) is -1.05. The van der Waals surface area contributed by atoms with Crippen LogP contribution < -0.4 is 0 Å². The van der Waals surface area contributed by atoms with Crippen LogP contribution in [0.3, 0.4) is 0 Å². The Kier molecular flexibility index (Phi) is 11.4. The summed E-state index contributed by atoms with van der Waals surface area (Å²) < 4.78 is 117. The first kappa shape index (κ1) is 37.9. The molecule has 4 rings (SSSR count). The molecule has 0 spiro atoms. The number of halogens is 9. The van der Waals surface area contributed by atoms with Gasteiger partial charge in [0.2, 0.25) is 0 Å². The van der Waals surface area contributed by atoms with Crippen LogP contribution in [0, 0.1) is 23.2 Å². The van der Waals surface area contributed by atoms with Gasteiger partial charge in [-0.2, -0.15) is 39.5 Å². The molecule has 0 saturated heterocycles. The molecule has 2 N–H and O–H groups in total. The SMILES string of the molecule is C=C1[C@H](O)C[C@H]2[C@@H]3[C@H](CCCCCN(C)CCCCCCC(F)(F)C(F)(F)C(F)(F)C(F)(F)F)Cc4cc(O)ccc4[C@H]3CC[C@]12C. The summed E-state index contributed by atoms with van der Waals surface area (Å²) in [4.78, 5) is 2.07. The van der Waals surface area contributed by atoms with Crippen molar-refractivity contribution in [2.75, 3.05) is 20.1 Å². The van der Waals surface area contributed by atoms with E-state index in [0.29, 0.717) is 43.1 Å². The van der Waals surface area contributed by atoms with Crippen molar-refractivity contribution < 1.29 is 49.7 Å². The molecule has 0 heterocycles. The number of alkyl halides is 9. The summed E-state index contributed by atoms with van der Waals surface area (Å²) >= 11 is 0. The van der Waals surface area contributed by atoms with E-state index >= 15 is 0 Å². The molecule has 1 aromatic rings. The second kappa shape index (κ2) is 14.1. The van der Waals surface area contributed by atoms with Gasteiger partial charge in [0.25, 0.3) is 0 Å². The molecule has 0 amide bonds. The average molecular weight is 686 g/mol. The minimum absolute atomic E-state index is 0.00592. The van der Waals surface area contributed by atoms with E-state index in [1.807, 2.05) is 13.1 Å². The maximum atomic E-state index is 13.7. The molecule has 0 unspecified atom stereocenters. The monoisotopic (exact) mass is 685 g/mol. The third-order valence-corrected chi connectivity index (χ3v) is 11.5. The number of nitrogens with zero attached hydrogens (tertiary/aromatic N) is 1. The molecule has 2 saturated carbocycles. The van der Waals surface area contributed by atoms with Gasteiger partial charge in [0.05, 0.1) is 6.10 Å². The number of fused-ring (bicyclic) bond motifs is 5. The largest absolute Gasteiger partial charge is 0.508 e. The van der Waals surface area contributed by atoms with Gasteiger partial charge in [-0.25, -0.2) is 0 Å². The lowest BCUT2D eigenvalue weighted by Gasteiger charge is -2.52. The van der Waals surface area contributed by atoms with E-state index in [9.17, 15) is 49.7 Å². The van der Waals surface area contributed by atoms with Gasteiger partial charge < -0.3 is 15.1 Å². The van der Waals surface area contributed by atoms with Crippen LogP contribution in [0.5, 0.6) is 5.75 Å². The summed E-state index contributed by atoms with van der Waals surface area (Å²) in [6.45, 7) is 7.94. The Hall–Kier alpha value is -1.95. The van der Waals surface area contributed by atoms with E-state index in [1.165, 1.54) is 11.1 Å². The maximum Gasteiger partial charge on any atom is 0.460 e. The van der Waals surface area contributed by atoms with Crippen molar-refractivity contribution >= 4 is 0 Å². The molecule has 3 nitrogen and oxygen atoms in total. The topological polar surface area (TPSA) is 43.7 Å². The van der Waals surface area contributed by atoms with E-state index in [-0.39, 0.29) is 17.6 Å². The number of hydrogen-bond donors (Lipinski definition) is 2. The fourth-order valence-corrected chi connectivity index (χ4v) is 8.71. The maximum absolute atomic E-state index is 13.7. The highest BCUT2D eigenvalue weighted by atomic mass is 19.4. The Morgan fingerprint density at radius 3 is 2.15 bits per heavy atom. The molecule has 0 bridgehead atoms. The van der Waals surface area contributed by atoms with Crippen LogP contribution in [-0.4, -0.2) is 65.3 Å². The highest BCUT2D eigenvalue weighted by Crippen LogP contribution is 2.64. The Morgan fingerprint density at radius 1 is 0.894 bits per heavy atom. The molecular formula is C35H48F9NO2. The fourth-order valence-electron chi connectivity index (χ4n) is 8.71. The van der Waals surface area contributed by atoms with Crippen molar-refractivity contribution in [1.82, 2.24) is 4.90 Å². The van der Waals surface area contributed by atoms with Gasteiger partial charge in [0.15, 0.2) is 0 Å². The number of rotatable bonds is 15. The smallest absolute Gasteiger partial charge is 0.460 e. The molecule has 0 aliphatic heterocycles. The zero-order valence-corrected chi connectivity index (χ0v) is 27.2. The number of hydrogen-bond acceptors (Lipinski definition) is 3. The van der Waals surface area contributed by atoms with Crippen LogP contribution in [0.15, 0.2) is 30.4 Å². The molecule has 3 aliphatic rings. The van der Waals surface area contributed by atoms with E-state index in [0.717, 1.165) is 63.5 Å². The quantitative estimate of drug-likeness (QED) is 0.110. The predicted octanol–water partition coefficient (Wildman–Crippen LogP) is 9.91. The highest BCUT2D eigenvalue weighted by Gasteiger charge is 2.81. The van der Waals surface area contributed by atoms with Crippen molar-refractivity contribution in [1.29, 1.82) is 0 Å². The Balaban J connectivity index is 1.18. The van der Waals surface area contributed by atoms with Gasteiger partial charge in [0.1, 0.15) is 5.75 Å². The van der Waals surface area contributed by atoms with E-state index < -0.39 is 42.9 Å². The number of aliphatic hydroxyl groups excluding tert-OH is 1. The Labute approximate surface area is 271 Å². The van der Waals surface area contributed by atoms with E-state index in [2.05, 4.69) is 24.5 Å². The fraction of sp³-hybridized carbons (Fsp3) is 0.771. The third-order valence-electron chi connectivity index (χ3n) is 11.5. The van der Waals surface area contributed by atoms with Crippen LogP contribution in [0.4, 0.5) is 39.5 Å². The Morgan fingerprint density at radius 2 is 1.51 bits per heavy atom. The first-order valence-corrected chi connectivity index (χ1v) is 16.8. The predicted molar refractivity (Wildman–Crippen MR) is 162 cm³/mol. The molecular weight excluding hydrogens is 637 g/mol. The summed E-state index contributed by atoms with van der Waals surface area (Å²) in [5.74, 6) is -16.9. The number of aliphatic hydroxyl groups is 1. The molecule has 0 aromatic heterocycles. The van der Waals surface area contributed by atoms with Crippen LogP contribution in [0.1, 0.15) is 101 Å². The summed E-state index contributed by atoms with van der Waals surface area (Å²) in [7, 11) is 1.91. The summed E-state index contributed by atoms with van der Waals surface area (Å²) in [6, 6.07) is 5.75. The number of benzene rings is 1. The minimum Gasteiger partial charge on any atom is -0.508 e. The van der Waals surface area contributed by atoms with Crippen molar-refractivity contribution in [3.8, 4) is 5.75 Å². The molecule has 47 heavy (non-hydrogen) atoms. The second-order valence-corrected chi connectivity index (χ2v) is 14.5. The second-order valence-electron chi connectivity index (χ2n) is 14.5. The molecule has 1 aromatic carbocycles. The van der Waals surface area contributed by atoms with Crippen molar-refractivity contribution in [3.05, 3.63) is 41.5 Å². The lowest BCUT2D eigenvalue weighted by atomic mass is 9.52. The Bertz CT molecular complexity index is 1240. The number of phenols is 1. The number of phenolic OH excluding ortho intramolecular Hbond substituents is 1. The van der Waals surface area contributed by atoms with Gasteiger partial charge in [-0.1, -0.05) is 45.3 Å². The van der Waals surface area contributed by atoms with E-state index in [4.69, 9.17) is 0 Å². The van der Waals surface area contributed by atoms with E-state index in [1.54, 1.807) is 6.07 Å². The van der Waals surface area contributed by atoms with Crippen molar-refractivity contribution in [2.45, 2.75) is 126 Å². The van der Waals surface area contributed by atoms with Crippen LogP contribution in [-0.2, 0) is 6.42 Å². The molecule has 0 radical (unpaired) electrons. The van der Waals surface area contributed by atoms with Gasteiger partial charge in [-0.05, 0) is 129 Å². The lowest BCUT2D eigenvalue weighted by molar-refractivity contribution is -0.396. The van der Waals surface area contributed by atoms with Crippen LogP contribution in [0.2, 0.25) is 0 Å². The molecule has 268 valence electrons. The minimum atomic E-state index is -6.83. The van der Waals surface area contributed by atoms with Crippen LogP contribution in [0.25, 0.3) is 0 Å². The van der Waals surface area contributed by atoms with Gasteiger partial charge >= 0.3 is 23.9 Å². The van der Waals surface area contributed by atoms with Gasteiger partial charge in [-0.15, -0.1) is 0 Å². The third kappa shape index (κ3) is 7.48. The molecule has 2 fully saturated rings. The van der Waals surface area contributed by atoms with Gasteiger partial charge in [0, 0.05) is 6.42 Å². The summed E-state index contributed by atoms with van der Waals surface area (Å²) in [5.41, 5.74) is 3.44. The lowest BCUT2D eigenvalue weighted by Crippen LogP contribution is -2.60. The number of aromatic hydroxyl groups is 1. The molecule has 3 aliphatic carbocycles. The normalized spacial score (nSPS) is 28.4. The highest BCUT2D eigenvalue weighted by molar-refractivity contribution is 5.41. The average Bonchev–Trinajstić information content (AvgIpc) is 3.21. The first-order valence-electron chi connectivity index (χ1n) is 16.8. The molecule has 6 atom stereocenters. The first-order chi connectivity index (χ1) is 21.7. The van der Waals surface area contributed by atoms with Gasteiger partial charge in [-0.3, -0.25) is 0 Å². The van der Waals surface area contributed by atoms with Crippen molar-refractivity contribution in [2.24, 2.45) is 23.2 Å². The zero-order chi connectivity index (χ0) is 35.0. The standard InChI is InChI=1S/C35H48F9NO2/c1-22-29(47)21-28-30-23(19-24-20-25(46)12-13-26(24)27(30)14-16-31(22,28)2)11-7-6-10-18-45(3)17-9-5-4-8-15-32(36,37)33(38,39)34(40,41)35(42,43)44/h12-13,20,23,27-30,46-47H,1,4-11,14-19,21H2,2-3H3/t23-,27-,28+,29-,30-,31-/m1/s1. The molecule has 12 heteroatoms.